The van der Waals surface area contributed by atoms with Crippen LogP contribution in [0.25, 0.3) is 0 Å². The topological polar surface area (TPSA) is 17.0 Å². The Labute approximate surface area is 112 Å². The largest absolute Gasteiger partial charge is 0.345 e. The van der Waals surface area contributed by atoms with Crippen molar-refractivity contribution >= 4 is 0 Å². The summed E-state index contributed by atoms with van der Waals surface area (Å²) in [6.45, 7) is 5.29. The summed E-state index contributed by atoms with van der Waals surface area (Å²) in [7, 11) is 0. The molecule has 0 aliphatic rings. The summed E-state index contributed by atoms with van der Waals surface area (Å²) >= 11 is 0. The van der Waals surface area contributed by atoms with Crippen LogP contribution in [0, 0.1) is 11.6 Å². The molecule has 0 aliphatic heterocycles. The van der Waals surface area contributed by atoms with Crippen LogP contribution in [0.2, 0.25) is 0 Å². The second-order valence-corrected chi connectivity index (χ2v) is 4.55. The van der Waals surface area contributed by atoms with Crippen molar-refractivity contribution in [1.29, 1.82) is 0 Å². The van der Waals surface area contributed by atoms with Gasteiger partial charge in [0.05, 0.1) is 6.54 Å². The highest BCUT2D eigenvalue weighted by Gasteiger charge is 2.12. The SMILES string of the molecule is CCNC(C)c1cccn1Cc1cccc(F)c1F. The average molecular weight is 264 g/mol. The van der Waals surface area contributed by atoms with Crippen LogP contribution in [0.1, 0.15) is 31.1 Å². The Hall–Kier alpha value is -1.68. The van der Waals surface area contributed by atoms with Gasteiger partial charge in [-0.25, -0.2) is 8.78 Å². The van der Waals surface area contributed by atoms with Gasteiger partial charge in [-0.15, -0.1) is 0 Å². The molecule has 1 heterocycles. The van der Waals surface area contributed by atoms with Crippen LogP contribution in [0.4, 0.5) is 8.78 Å². The van der Waals surface area contributed by atoms with E-state index in [2.05, 4.69) is 12.2 Å². The molecule has 102 valence electrons. The summed E-state index contributed by atoms with van der Waals surface area (Å²) in [5, 5.41) is 3.31. The maximum absolute atomic E-state index is 13.7. The van der Waals surface area contributed by atoms with E-state index in [0.29, 0.717) is 12.1 Å². The van der Waals surface area contributed by atoms with Gasteiger partial charge < -0.3 is 9.88 Å². The first-order chi connectivity index (χ1) is 9.13. The molecule has 1 N–H and O–H groups in total. The summed E-state index contributed by atoms with van der Waals surface area (Å²) in [6, 6.07) is 8.36. The molecule has 2 rings (SSSR count). The third-order valence-corrected chi connectivity index (χ3v) is 3.19. The molecule has 1 unspecified atom stereocenters. The zero-order valence-corrected chi connectivity index (χ0v) is 11.2. The highest BCUT2D eigenvalue weighted by molar-refractivity contribution is 5.21. The number of hydrogen-bond donors (Lipinski definition) is 1. The van der Waals surface area contributed by atoms with Gasteiger partial charge in [0.2, 0.25) is 0 Å². The predicted octanol–water partition coefficient (Wildman–Crippen LogP) is 3.49. The van der Waals surface area contributed by atoms with Gasteiger partial charge in [-0.1, -0.05) is 19.1 Å². The Morgan fingerprint density at radius 3 is 2.74 bits per heavy atom. The maximum atomic E-state index is 13.7. The summed E-state index contributed by atoms with van der Waals surface area (Å²) in [6.07, 6.45) is 1.88. The van der Waals surface area contributed by atoms with Crippen LogP contribution in [-0.2, 0) is 6.54 Å². The van der Waals surface area contributed by atoms with E-state index >= 15 is 0 Å². The van der Waals surface area contributed by atoms with Crippen LogP contribution in [0.5, 0.6) is 0 Å². The first-order valence-corrected chi connectivity index (χ1v) is 6.44. The number of halogens is 2. The minimum absolute atomic E-state index is 0.177. The molecule has 0 saturated carbocycles. The van der Waals surface area contributed by atoms with Crippen LogP contribution < -0.4 is 5.32 Å². The number of nitrogens with one attached hydrogen (secondary N) is 1. The monoisotopic (exact) mass is 264 g/mol. The summed E-state index contributed by atoms with van der Waals surface area (Å²) in [4.78, 5) is 0. The van der Waals surface area contributed by atoms with Gasteiger partial charge in [0.15, 0.2) is 11.6 Å². The van der Waals surface area contributed by atoms with Crippen molar-refractivity contribution in [2.45, 2.75) is 26.4 Å². The second kappa shape index (κ2) is 5.97. The van der Waals surface area contributed by atoms with Crippen molar-refractivity contribution in [2.75, 3.05) is 6.54 Å². The van der Waals surface area contributed by atoms with Gasteiger partial charge in [0.1, 0.15) is 0 Å². The van der Waals surface area contributed by atoms with Gasteiger partial charge >= 0.3 is 0 Å². The van der Waals surface area contributed by atoms with Crippen LogP contribution in [0.15, 0.2) is 36.5 Å². The summed E-state index contributed by atoms with van der Waals surface area (Å²) in [5.74, 6) is -1.57. The van der Waals surface area contributed by atoms with Crippen LogP contribution >= 0.6 is 0 Å². The lowest BCUT2D eigenvalue weighted by molar-refractivity contribution is 0.491. The van der Waals surface area contributed by atoms with Gasteiger partial charge in [-0.2, -0.15) is 0 Å². The fraction of sp³-hybridized carbons (Fsp3) is 0.333. The Bertz CT molecular complexity index is 549. The average Bonchev–Trinajstić information content (AvgIpc) is 2.83. The third kappa shape index (κ3) is 3.01. The fourth-order valence-electron chi connectivity index (χ4n) is 2.23. The highest BCUT2D eigenvalue weighted by Crippen LogP contribution is 2.18. The maximum Gasteiger partial charge on any atom is 0.163 e. The molecule has 0 fully saturated rings. The molecule has 19 heavy (non-hydrogen) atoms. The molecule has 0 aliphatic carbocycles. The van der Waals surface area contributed by atoms with E-state index in [1.54, 1.807) is 6.07 Å². The number of hydrogen-bond acceptors (Lipinski definition) is 1. The lowest BCUT2D eigenvalue weighted by Crippen LogP contribution is -2.21. The quantitative estimate of drug-likeness (QED) is 0.874. The van der Waals surface area contributed by atoms with Crippen molar-refractivity contribution in [3.8, 4) is 0 Å². The Balaban J connectivity index is 2.24. The molecule has 2 aromatic rings. The Morgan fingerprint density at radius 2 is 2.00 bits per heavy atom. The molecule has 1 atom stereocenters. The van der Waals surface area contributed by atoms with Gasteiger partial charge in [0, 0.05) is 23.5 Å². The van der Waals surface area contributed by atoms with E-state index in [1.165, 1.54) is 6.07 Å². The zero-order chi connectivity index (χ0) is 13.8. The molecular formula is C15H18F2N2. The molecule has 1 aromatic heterocycles. The van der Waals surface area contributed by atoms with E-state index in [1.807, 2.05) is 29.8 Å². The Morgan fingerprint density at radius 1 is 1.21 bits per heavy atom. The van der Waals surface area contributed by atoms with Crippen molar-refractivity contribution in [3.63, 3.8) is 0 Å². The highest BCUT2D eigenvalue weighted by atomic mass is 19.2. The number of aromatic nitrogens is 1. The molecule has 0 saturated heterocycles. The zero-order valence-electron chi connectivity index (χ0n) is 11.2. The normalized spacial score (nSPS) is 12.6. The fourth-order valence-corrected chi connectivity index (χ4v) is 2.23. The molecule has 4 heteroatoms. The van der Waals surface area contributed by atoms with Crippen molar-refractivity contribution in [3.05, 3.63) is 59.4 Å². The van der Waals surface area contributed by atoms with Crippen molar-refractivity contribution in [1.82, 2.24) is 9.88 Å². The van der Waals surface area contributed by atoms with Crippen LogP contribution in [-0.4, -0.2) is 11.1 Å². The first-order valence-electron chi connectivity index (χ1n) is 6.44. The lowest BCUT2D eigenvalue weighted by Gasteiger charge is -2.16. The molecule has 2 nitrogen and oxygen atoms in total. The molecular weight excluding hydrogens is 246 g/mol. The smallest absolute Gasteiger partial charge is 0.163 e. The number of nitrogens with zero attached hydrogens (tertiary/aromatic N) is 1. The summed E-state index contributed by atoms with van der Waals surface area (Å²) < 4.78 is 28.8. The molecule has 0 radical (unpaired) electrons. The minimum Gasteiger partial charge on any atom is -0.345 e. The van der Waals surface area contributed by atoms with E-state index in [9.17, 15) is 8.78 Å². The van der Waals surface area contributed by atoms with Crippen LogP contribution in [0.3, 0.4) is 0 Å². The van der Waals surface area contributed by atoms with Crippen molar-refractivity contribution < 1.29 is 8.78 Å². The summed E-state index contributed by atoms with van der Waals surface area (Å²) in [5.41, 5.74) is 1.42. The molecule has 1 aromatic carbocycles. The van der Waals surface area contributed by atoms with Crippen molar-refractivity contribution in [2.24, 2.45) is 0 Å². The minimum atomic E-state index is -0.800. The molecule has 0 bridgehead atoms. The third-order valence-electron chi connectivity index (χ3n) is 3.19. The lowest BCUT2D eigenvalue weighted by atomic mass is 10.2. The Kier molecular flexibility index (Phi) is 4.32. The number of rotatable bonds is 5. The molecule has 0 amide bonds. The van der Waals surface area contributed by atoms with Gasteiger partial charge in [0.25, 0.3) is 0 Å². The van der Waals surface area contributed by atoms with Gasteiger partial charge in [-0.05, 0) is 31.7 Å². The van der Waals surface area contributed by atoms with E-state index < -0.39 is 11.6 Å². The standard InChI is InChI=1S/C15H18F2N2/c1-3-18-11(2)14-8-5-9-19(14)10-12-6-4-7-13(16)15(12)17/h4-9,11,18H,3,10H2,1-2H3. The predicted molar refractivity (Wildman–Crippen MR) is 72.0 cm³/mol. The first kappa shape index (κ1) is 13.7. The van der Waals surface area contributed by atoms with E-state index in [4.69, 9.17) is 0 Å². The number of benzene rings is 1. The molecule has 0 spiro atoms. The van der Waals surface area contributed by atoms with Gasteiger partial charge in [-0.3, -0.25) is 0 Å². The van der Waals surface area contributed by atoms with E-state index in [-0.39, 0.29) is 6.04 Å². The second-order valence-electron chi connectivity index (χ2n) is 4.55. The van der Waals surface area contributed by atoms with E-state index in [0.717, 1.165) is 18.3 Å².